The highest BCUT2D eigenvalue weighted by atomic mass is 16.7. The van der Waals surface area contributed by atoms with Gasteiger partial charge in [-0.2, -0.15) is 0 Å². The van der Waals surface area contributed by atoms with Gasteiger partial charge in [0.25, 0.3) is 0 Å². The lowest BCUT2D eigenvalue weighted by molar-refractivity contribution is -0.305. The van der Waals surface area contributed by atoms with Crippen LogP contribution in [0.4, 0.5) is 0 Å². The van der Waals surface area contributed by atoms with Gasteiger partial charge in [-0.15, -0.1) is 0 Å². The monoisotopic (exact) mass is 865 g/mol. The van der Waals surface area contributed by atoms with Crippen molar-refractivity contribution in [1.29, 1.82) is 0 Å². The first-order valence-corrected chi connectivity index (χ1v) is 23.6. The molecule has 9 nitrogen and oxygen atoms in total. The second-order valence-corrected chi connectivity index (χ2v) is 15.4. The third-order valence-corrected chi connectivity index (χ3v) is 9.87. The molecule has 0 bridgehead atoms. The van der Waals surface area contributed by atoms with Gasteiger partial charge >= 0.3 is 5.97 Å². The lowest BCUT2D eigenvalue weighted by Gasteiger charge is -2.39. The van der Waals surface area contributed by atoms with E-state index >= 15 is 0 Å². The summed E-state index contributed by atoms with van der Waals surface area (Å²) in [7, 11) is 0. The average molecular weight is 865 g/mol. The van der Waals surface area contributed by atoms with Gasteiger partial charge in [0, 0.05) is 13.0 Å². The van der Waals surface area contributed by atoms with E-state index in [0.717, 1.165) is 116 Å². The Bertz CT molecular complexity index is 1350. The molecule has 1 aliphatic heterocycles. The van der Waals surface area contributed by atoms with Gasteiger partial charge in [0.2, 0.25) is 0 Å². The molecule has 0 aromatic carbocycles. The zero-order valence-corrected chi connectivity index (χ0v) is 38.3. The maximum absolute atomic E-state index is 12.8. The van der Waals surface area contributed by atoms with Crippen molar-refractivity contribution in [1.82, 2.24) is 0 Å². The molecule has 0 aromatic heterocycles. The normalized spacial score (nSPS) is 20.9. The number of unbranched alkanes of at least 4 members (excludes halogenated alkanes) is 7. The summed E-state index contributed by atoms with van der Waals surface area (Å²) in [6, 6.07) is 0. The van der Waals surface area contributed by atoms with Crippen LogP contribution in [-0.4, -0.2) is 89.6 Å². The number of carbonyl (C=O) groups is 1. The fourth-order valence-corrected chi connectivity index (χ4v) is 6.25. The van der Waals surface area contributed by atoms with Gasteiger partial charge < -0.3 is 39.4 Å². The Labute approximate surface area is 376 Å². The van der Waals surface area contributed by atoms with Gasteiger partial charge in [-0.05, 0) is 103 Å². The van der Waals surface area contributed by atoms with Crippen molar-refractivity contribution < 1.29 is 44.2 Å². The van der Waals surface area contributed by atoms with Crippen LogP contribution in [0.15, 0.2) is 122 Å². The topological polar surface area (TPSA) is 135 Å². The van der Waals surface area contributed by atoms with Gasteiger partial charge in [-0.3, -0.25) is 4.79 Å². The molecular weight excluding hydrogens is 781 g/mol. The van der Waals surface area contributed by atoms with E-state index in [2.05, 4.69) is 135 Å². The van der Waals surface area contributed by atoms with Crippen LogP contribution in [0.3, 0.4) is 0 Å². The molecule has 0 radical (unpaired) electrons. The van der Waals surface area contributed by atoms with E-state index in [1.165, 1.54) is 0 Å². The number of aliphatic hydroxyl groups excluding tert-OH is 4. The SMILES string of the molecule is CC/C=C\C/C=C\C/C=C\C/C=C\C/C=C\C/C=C\CCCCC(=O)OC(COCCCCCCC/C=C\C/C=C\C/C=C\C/C=C\CC)COC1OC(CO)C(O)C(O)C1O. The van der Waals surface area contributed by atoms with Crippen molar-refractivity contribution in [2.24, 2.45) is 0 Å². The molecule has 0 amide bonds. The molecule has 4 N–H and O–H groups in total. The molecule has 1 rings (SSSR count). The standard InChI is InChI=1S/C53H84O9/c1-3-5-7-9-11-13-15-17-19-21-23-24-25-26-28-30-32-34-36-38-40-42-49(55)61-47(46-60-53-52(58)51(57)50(56)48(44-54)62-53)45-59-43-41-39-37-35-33-31-29-27-22-20-18-16-14-12-10-8-6-4-2/h5-8,11-14,17-20,23-24,26-29,32,34,47-48,50-54,56-58H,3-4,9-10,15-16,21-22,25,30-31,33,35-46H2,1-2H3/b7-5-,8-6-,13-11-,14-12-,19-17-,20-18-,24-23-,28-26-,29-27-,34-32-. The summed E-state index contributed by atoms with van der Waals surface area (Å²) in [6.07, 6.45) is 55.1. The van der Waals surface area contributed by atoms with Crippen LogP contribution in [0.1, 0.15) is 142 Å². The summed E-state index contributed by atoms with van der Waals surface area (Å²) in [5.74, 6) is -0.369. The molecule has 1 aliphatic rings. The summed E-state index contributed by atoms with van der Waals surface area (Å²) in [5.41, 5.74) is 0. The average Bonchev–Trinajstić information content (AvgIpc) is 3.27. The molecule has 6 unspecified atom stereocenters. The van der Waals surface area contributed by atoms with Crippen LogP contribution >= 0.6 is 0 Å². The van der Waals surface area contributed by atoms with Crippen molar-refractivity contribution in [3.63, 3.8) is 0 Å². The number of esters is 1. The predicted molar refractivity (Wildman–Crippen MR) is 256 cm³/mol. The lowest BCUT2D eigenvalue weighted by Crippen LogP contribution is -2.59. The number of carbonyl (C=O) groups excluding carboxylic acids is 1. The Morgan fingerprint density at radius 1 is 0.516 bits per heavy atom. The summed E-state index contributed by atoms with van der Waals surface area (Å²) < 4.78 is 22.8. The Morgan fingerprint density at radius 3 is 1.40 bits per heavy atom. The fourth-order valence-electron chi connectivity index (χ4n) is 6.25. The number of allylic oxidation sites excluding steroid dienone is 20. The van der Waals surface area contributed by atoms with Crippen LogP contribution < -0.4 is 0 Å². The van der Waals surface area contributed by atoms with Crippen LogP contribution in [0.5, 0.6) is 0 Å². The van der Waals surface area contributed by atoms with E-state index in [9.17, 15) is 25.2 Å². The minimum Gasteiger partial charge on any atom is -0.457 e. The molecule has 0 saturated carbocycles. The summed E-state index contributed by atoms with van der Waals surface area (Å²) in [4.78, 5) is 12.8. The molecule has 350 valence electrons. The van der Waals surface area contributed by atoms with Gasteiger partial charge in [0.1, 0.15) is 30.5 Å². The van der Waals surface area contributed by atoms with E-state index in [1.807, 2.05) is 0 Å². The molecule has 6 atom stereocenters. The van der Waals surface area contributed by atoms with Crippen molar-refractivity contribution in [3.05, 3.63) is 122 Å². The number of aliphatic hydroxyl groups is 4. The van der Waals surface area contributed by atoms with Gasteiger partial charge in [-0.25, -0.2) is 0 Å². The Kier molecular flexibility index (Phi) is 39.1. The number of ether oxygens (including phenoxy) is 4. The molecular formula is C53H84O9. The van der Waals surface area contributed by atoms with Gasteiger partial charge in [0.15, 0.2) is 6.29 Å². The Morgan fingerprint density at radius 2 is 0.935 bits per heavy atom. The predicted octanol–water partition coefficient (Wildman–Crippen LogP) is 11.1. The zero-order chi connectivity index (χ0) is 45.0. The molecule has 9 heteroatoms. The highest BCUT2D eigenvalue weighted by molar-refractivity contribution is 5.69. The van der Waals surface area contributed by atoms with E-state index in [0.29, 0.717) is 13.0 Å². The quantitative estimate of drug-likeness (QED) is 0.0272. The molecule has 1 heterocycles. The maximum Gasteiger partial charge on any atom is 0.306 e. The summed E-state index contributed by atoms with van der Waals surface area (Å²) in [6.45, 7) is 4.20. The Balaban J connectivity index is 2.32. The second-order valence-electron chi connectivity index (χ2n) is 15.4. The number of rotatable bonds is 38. The fraction of sp³-hybridized carbons (Fsp3) is 0.604. The first-order chi connectivity index (χ1) is 30.4. The van der Waals surface area contributed by atoms with Crippen LogP contribution in [0.2, 0.25) is 0 Å². The molecule has 0 aliphatic carbocycles. The smallest absolute Gasteiger partial charge is 0.306 e. The van der Waals surface area contributed by atoms with Crippen LogP contribution in [-0.2, 0) is 23.7 Å². The van der Waals surface area contributed by atoms with Crippen LogP contribution in [0, 0.1) is 0 Å². The van der Waals surface area contributed by atoms with Crippen molar-refractivity contribution >= 4 is 5.97 Å². The molecule has 0 spiro atoms. The Hall–Kier alpha value is -3.41. The minimum absolute atomic E-state index is 0.105. The maximum atomic E-state index is 12.8. The third kappa shape index (κ3) is 33.2. The first kappa shape index (κ1) is 56.6. The third-order valence-electron chi connectivity index (χ3n) is 9.87. The molecule has 0 aromatic rings. The van der Waals surface area contributed by atoms with Gasteiger partial charge in [0.05, 0.1) is 19.8 Å². The van der Waals surface area contributed by atoms with E-state index in [4.69, 9.17) is 18.9 Å². The molecule has 62 heavy (non-hydrogen) atoms. The zero-order valence-electron chi connectivity index (χ0n) is 38.3. The summed E-state index contributed by atoms with van der Waals surface area (Å²) >= 11 is 0. The minimum atomic E-state index is -1.56. The first-order valence-electron chi connectivity index (χ1n) is 23.6. The van der Waals surface area contributed by atoms with E-state index < -0.39 is 43.4 Å². The van der Waals surface area contributed by atoms with Crippen molar-refractivity contribution in [2.75, 3.05) is 26.4 Å². The number of hydrogen-bond donors (Lipinski definition) is 4. The summed E-state index contributed by atoms with van der Waals surface area (Å²) in [5, 5.41) is 40.2. The lowest BCUT2D eigenvalue weighted by atomic mass is 9.99. The number of hydrogen-bond acceptors (Lipinski definition) is 9. The van der Waals surface area contributed by atoms with Gasteiger partial charge in [-0.1, -0.05) is 155 Å². The highest BCUT2D eigenvalue weighted by Gasteiger charge is 2.44. The second kappa shape index (κ2) is 42.9. The van der Waals surface area contributed by atoms with E-state index in [1.54, 1.807) is 0 Å². The molecule has 1 fully saturated rings. The van der Waals surface area contributed by atoms with Crippen molar-refractivity contribution in [2.45, 2.75) is 179 Å². The largest absolute Gasteiger partial charge is 0.457 e. The molecule has 1 saturated heterocycles. The van der Waals surface area contributed by atoms with Crippen LogP contribution in [0.25, 0.3) is 0 Å². The van der Waals surface area contributed by atoms with E-state index in [-0.39, 0.29) is 25.6 Å². The highest BCUT2D eigenvalue weighted by Crippen LogP contribution is 2.22. The van der Waals surface area contributed by atoms with Crippen molar-refractivity contribution in [3.8, 4) is 0 Å².